The highest BCUT2D eigenvalue weighted by Crippen LogP contribution is 2.13. The normalized spacial score (nSPS) is 13.7. The quantitative estimate of drug-likeness (QED) is 0.604. The predicted octanol–water partition coefficient (Wildman–Crippen LogP) is 1.66. The van der Waals surface area contributed by atoms with Gasteiger partial charge in [-0.05, 0) is 0 Å². The SMILES string of the molecule is CCC(=O)CC(C[N+](C)(C)C)C(=O)CC. The van der Waals surface area contributed by atoms with E-state index in [9.17, 15) is 9.59 Å². The molecule has 0 spiro atoms. The lowest BCUT2D eigenvalue weighted by Gasteiger charge is -2.28. The number of nitrogens with zero attached hydrogens (tertiary/aromatic N) is 1. The van der Waals surface area contributed by atoms with Crippen molar-refractivity contribution in [1.29, 1.82) is 0 Å². The third-order valence-electron chi connectivity index (χ3n) is 2.44. The molecule has 0 saturated heterocycles. The maximum absolute atomic E-state index is 11.7. The van der Waals surface area contributed by atoms with Crippen LogP contribution in [0.1, 0.15) is 33.1 Å². The number of hydrogen-bond donors (Lipinski definition) is 0. The summed E-state index contributed by atoms with van der Waals surface area (Å²) in [6.07, 6.45) is 1.48. The van der Waals surface area contributed by atoms with Gasteiger partial charge in [0, 0.05) is 19.3 Å². The van der Waals surface area contributed by atoms with Crippen molar-refractivity contribution in [3.63, 3.8) is 0 Å². The smallest absolute Gasteiger partial charge is 0.141 e. The number of carbonyl (C=O) groups is 2. The number of carbonyl (C=O) groups excluding carboxylic acids is 2. The van der Waals surface area contributed by atoms with Crippen LogP contribution < -0.4 is 0 Å². The second-order valence-electron chi connectivity index (χ2n) is 5.09. The van der Waals surface area contributed by atoms with E-state index in [0.717, 1.165) is 11.0 Å². The molecule has 3 heteroatoms. The molecule has 0 radical (unpaired) electrons. The molecule has 1 unspecified atom stereocenters. The van der Waals surface area contributed by atoms with E-state index < -0.39 is 0 Å². The Morgan fingerprint density at radius 1 is 1.07 bits per heavy atom. The molecule has 0 aliphatic carbocycles. The van der Waals surface area contributed by atoms with Crippen molar-refractivity contribution < 1.29 is 14.1 Å². The third kappa shape index (κ3) is 6.39. The Morgan fingerprint density at radius 3 is 1.93 bits per heavy atom. The lowest BCUT2D eigenvalue weighted by molar-refractivity contribution is -0.872. The molecular weight excluding hydrogens is 190 g/mol. The fourth-order valence-corrected chi connectivity index (χ4v) is 1.65. The summed E-state index contributed by atoms with van der Waals surface area (Å²) in [5.74, 6) is 0.308. The Bertz CT molecular complexity index is 228. The van der Waals surface area contributed by atoms with Gasteiger partial charge in [-0.1, -0.05) is 13.8 Å². The van der Waals surface area contributed by atoms with Crippen molar-refractivity contribution in [3.8, 4) is 0 Å². The van der Waals surface area contributed by atoms with Crippen LogP contribution in [0.3, 0.4) is 0 Å². The Kier molecular flexibility index (Phi) is 5.73. The van der Waals surface area contributed by atoms with Crippen LogP contribution >= 0.6 is 0 Å². The highest BCUT2D eigenvalue weighted by molar-refractivity contribution is 5.87. The first-order valence-corrected chi connectivity index (χ1v) is 5.65. The first-order valence-electron chi connectivity index (χ1n) is 5.65. The second kappa shape index (κ2) is 6.01. The molecule has 88 valence electrons. The summed E-state index contributed by atoms with van der Waals surface area (Å²) in [4.78, 5) is 23.0. The third-order valence-corrected chi connectivity index (χ3v) is 2.44. The van der Waals surface area contributed by atoms with Gasteiger partial charge in [0.15, 0.2) is 0 Å². The minimum atomic E-state index is -0.0950. The van der Waals surface area contributed by atoms with Crippen molar-refractivity contribution in [2.75, 3.05) is 27.7 Å². The van der Waals surface area contributed by atoms with E-state index in [0.29, 0.717) is 19.3 Å². The number of ketones is 2. The fourth-order valence-electron chi connectivity index (χ4n) is 1.65. The standard InChI is InChI=1S/C12H24NO2/c1-6-11(14)8-10(12(15)7-2)9-13(3,4)5/h10H,6-9H2,1-5H3/q+1. The maximum atomic E-state index is 11.7. The van der Waals surface area contributed by atoms with Gasteiger partial charge in [0.05, 0.1) is 33.6 Å². The first kappa shape index (κ1) is 14.3. The number of Topliss-reactive ketones (excluding diaryl/α,β-unsaturated/α-hetero) is 2. The number of quaternary nitrogens is 1. The molecule has 0 aliphatic heterocycles. The predicted molar refractivity (Wildman–Crippen MR) is 61.6 cm³/mol. The topological polar surface area (TPSA) is 34.1 Å². The number of hydrogen-bond acceptors (Lipinski definition) is 2. The van der Waals surface area contributed by atoms with Crippen LogP contribution in [0.15, 0.2) is 0 Å². The van der Waals surface area contributed by atoms with E-state index in [4.69, 9.17) is 0 Å². The summed E-state index contributed by atoms with van der Waals surface area (Å²) >= 11 is 0. The first-order chi connectivity index (χ1) is 6.80. The largest absolute Gasteiger partial charge is 0.330 e. The molecule has 0 saturated carbocycles. The van der Waals surface area contributed by atoms with Gasteiger partial charge in [0.2, 0.25) is 0 Å². The summed E-state index contributed by atoms with van der Waals surface area (Å²) in [5, 5.41) is 0. The van der Waals surface area contributed by atoms with E-state index in [1.165, 1.54) is 0 Å². The molecule has 0 N–H and O–H groups in total. The monoisotopic (exact) mass is 214 g/mol. The van der Waals surface area contributed by atoms with Crippen LogP contribution in [0.4, 0.5) is 0 Å². The molecule has 0 aromatic heterocycles. The van der Waals surface area contributed by atoms with E-state index in [1.54, 1.807) is 0 Å². The molecule has 0 bridgehead atoms. The summed E-state index contributed by atoms with van der Waals surface area (Å²) < 4.78 is 0.730. The van der Waals surface area contributed by atoms with Crippen LogP contribution in [0.5, 0.6) is 0 Å². The molecule has 0 aliphatic rings. The Balaban J connectivity index is 4.45. The molecule has 1 atom stereocenters. The van der Waals surface area contributed by atoms with E-state index in [1.807, 2.05) is 35.0 Å². The van der Waals surface area contributed by atoms with Gasteiger partial charge in [-0.25, -0.2) is 0 Å². The average molecular weight is 214 g/mol. The van der Waals surface area contributed by atoms with Crippen LogP contribution in [0.2, 0.25) is 0 Å². The second-order valence-corrected chi connectivity index (χ2v) is 5.09. The molecule has 0 aromatic rings. The van der Waals surface area contributed by atoms with Gasteiger partial charge in [-0.15, -0.1) is 0 Å². The molecule has 0 heterocycles. The minimum absolute atomic E-state index is 0.0950. The molecular formula is C12H24NO2+. The number of rotatable bonds is 7. The molecule has 3 nitrogen and oxygen atoms in total. The van der Waals surface area contributed by atoms with E-state index >= 15 is 0 Å². The van der Waals surface area contributed by atoms with Crippen molar-refractivity contribution in [2.45, 2.75) is 33.1 Å². The highest BCUT2D eigenvalue weighted by atomic mass is 16.1. The summed E-state index contributed by atoms with van der Waals surface area (Å²) in [6.45, 7) is 4.46. The molecule has 0 aromatic carbocycles. The van der Waals surface area contributed by atoms with Gasteiger partial charge < -0.3 is 4.48 Å². The molecule has 0 amide bonds. The van der Waals surface area contributed by atoms with Crippen LogP contribution in [-0.4, -0.2) is 43.7 Å². The maximum Gasteiger partial charge on any atom is 0.141 e. The van der Waals surface area contributed by atoms with E-state index in [2.05, 4.69) is 0 Å². The van der Waals surface area contributed by atoms with Crippen molar-refractivity contribution in [2.24, 2.45) is 5.92 Å². The van der Waals surface area contributed by atoms with Crippen LogP contribution in [0, 0.1) is 5.92 Å². The zero-order valence-electron chi connectivity index (χ0n) is 10.7. The zero-order valence-corrected chi connectivity index (χ0v) is 10.7. The fraction of sp³-hybridized carbons (Fsp3) is 0.833. The van der Waals surface area contributed by atoms with Gasteiger partial charge in [0.25, 0.3) is 0 Å². The van der Waals surface area contributed by atoms with Crippen molar-refractivity contribution >= 4 is 11.6 Å². The Labute approximate surface area is 93.0 Å². The Hall–Kier alpha value is -0.700. The van der Waals surface area contributed by atoms with Crippen molar-refractivity contribution in [1.82, 2.24) is 0 Å². The van der Waals surface area contributed by atoms with E-state index in [-0.39, 0.29) is 17.5 Å². The summed E-state index contributed by atoms with van der Waals surface area (Å²) in [6, 6.07) is 0. The molecule has 0 rings (SSSR count). The van der Waals surface area contributed by atoms with Gasteiger partial charge in [-0.2, -0.15) is 0 Å². The lowest BCUT2D eigenvalue weighted by Crippen LogP contribution is -2.42. The van der Waals surface area contributed by atoms with Crippen LogP contribution in [0.25, 0.3) is 0 Å². The summed E-state index contributed by atoms with van der Waals surface area (Å²) in [5.41, 5.74) is 0. The Morgan fingerprint density at radius 2 is 1.60 bits per heavy atom. The van der Waals surface area contributed by atoms with Gasteiger partial charge in [0.1, 0.15) is 11.6 Å². The van der Waals surface area contributed by atoms with Crippen molar-refractivity contribution in [3.05, 3.63) is 0 Å². The summed E-state index contributed by atoms with van der Waals surface area (Å²) in [7, 11) is 6.14. The average Bonchev–Trinajstić information content (AvgIpc) is 2.13. The minimum Gasteiger partial charge on any atom is -0.330 e. The molecule has 15 heavy (non-hydrogen) atoms. The highest BCUT2D eigenvalue weighted by Gasteiger charge is 2.25. The zero-order chi connectivity index (χ0) is 12.1. The van der Waals surface area contributed by atoms with Gasteiger partial charge in [-0.3, -0.25) is 9.59 Å². The van der Waals surface area contributed by atoms with Gasteiger partial charge >= 0.3 is 0 Å². The van der Waals surface area contributed by atoms with Crippen LogP contribution in [-0.2, 0) is 9.59 Å². The molecule has 0 fully saturated rings. The lowest BCUT2D eigenvalue weighted by atomic mass is 9.94.